The Hall–Kier alpha value is -2.28. The van der Waals surface area contributed by atoms with Gasteiger partial charge in [0.2, 0.25) is 0 Å². The minimum Gasteiger partial charge on any atom is -0.389 e. The van der Waals surface area contributed by atoms with Crippen molar-refractivity contribution in [2.75, 3.05) is 5.32 Å². The van der Waals surface area contributed by atoms with Gasteiger partial charge >= 0.3 is 0 Å². The smallest absolute Gasteiger partial charge is 0.274 e. The molecule has 1 aromatic heterocycles. The molecule has 0 saturated carbocycles. The van der Waals surface area contributed by atoms with E-state index in [4.69, 9.17) is 18.0 Å². The molecule has 0 atom stereocenters. The van der Waals surface area contributed by atoms with Gasteiger partial charge < -0.3 is 15.6 Å². The predicted molar refractivity (Wildman–Crippen MR) is 73.4 cm³/mol. The number of rotatable bonds is 3. The molecule has 0 saturated heterocycles. The van der Waals surface area contributed by atoms with Gasteiger partial charge in [-0.2, -0.15) is 0 Å². The van der Waals surface area contributed by atoms with Gasteiger partial charge in [0.25, 0.3) is 5.91 Å². The van der Waals surface area contributed by atoms with E-state index in [1.165, 1.54) is 29.2 Å². The molecule has 2 rings (SSSR count). The van der Waals surface area contributed by atoms with Crippen LogP contribution in [0.1, 0.15) is 16.1 Å². The summed E-state index contributed by atoms with van der Waals surface area (Å²) in [7, 11) is 1.67. The van der Waals surface area contributed by atoms with Crippen LogP contribution >= 0.6 is 12.2 Å². The molecular weight excluding hydrogens is 267 g/mol. The summed E-state index contributed by atoms with van der Waals surface area (Å²) in [5.41, 5.74) is 6.20. The number of halogens is 1. The fourth-order valence-corrected chi connectivity index (χ4v) is 1.66. The summed E-state index contributed by atoms with van der Waals surface area (Å²) in [6.45, 7) is 0. The van der Waals surface area contributed by atoms with E-state index >= 15 is 0 Å². The van der Waals surface area contributed by atoms with Crippen LogP contribution in [0.2, 0.25) is 0 Å². The molecular formula is C12H11FN4OS. The van der Waals surface area contributed by atoms with E-state index in [-0.39, 0.29) is 10.7 Å². The third-order valence-corrected chi connectivity index (χ3v) is 2.79. The van der Waals surface area contributed by atoms with Crippen LogP contribution < -0.4 is 11.1 Å². The molecule has 0 aliphatic rings. The fraction of sp³-hybridized carbons (Fsp3) is 0.0833. The lowest BCUT2D eigenvalue weighted by molar-refractivity contribution is 0.101. The first kappa shape index (κ1) is 13.2. The third-order valence-electron chi connectivity index (χ3n) is 2.55. The predicted octanol–water partition coefficient (Wildman–Crippen LogP) is 1.45. The highest BCUT2D eigenvalue weighted by molar-refractivity contribution is 7.80. The largest absolute Gasteiger partial charge is 0.389 e. The van der Waals surface area contributed by atoms with Gasteiger partial charge in [0.05, 0.1) is 18.2 Å². The van der Waals surface area contributed by atoms with E-state index in [2.05, 4.69) is 10.3 Å². The number of imidazole rings is 1. The van der Waals surface area contributed by atoms with Crippen LogP contribution in [0.4, 0.5) is 10.1 Å². The Morgan fingerprint density at radius 1 is 1.53 bits per heavy atom. The first-order valence-corrected chi connectivity index (χ1v) is 5.77. The molecule has 0 fully saturated rings. The number of amides is 1. The van der Waals surface area contributed by atoms with Crippen LogP contribution in [-0.2, 0) is 7.05 Å². The van der Waals surface area contributed by atoms with Crippen molar-refractivity contribution in [3.8, 4) is 0 Å². The molecule has 0 aliphatic heterocycles. The number of aromatic nitrogens is 2. The summed E-state index contributed by atoms with van der Waals surface area (Å²) in [6, 6.07) is 4.14. The minimum atomic E-state index is -0.596. The Balaban J connectivity index is 2.23. The van der Waals surface area contributed by atoms with Gasteiger partial charge in [0, 0.05) is 12.6 Å². The van der Waals surface area contributed by atoms with Gasteiger partial charge in [-0.25, -0.2) is 9.37 Å². The fourth-order valence-electron chi connectivity index (χ4n) is 1.53. The molecule has 0 aliphatic carbocycles. The van der Waals surface area contributed by atoms with Crippen molar-refractivity contribution >= 4 is 28.8 Å². The van der Waals surface area contributed by atoms with E-state index in [9.17, 15) is 9.18 Å². The maximum atomic E-state index is 13.8. The first-order chi connectivity index (χ1) is 8.99. The van der Waals surface area contributed by atoms with Crippen molar-refractivity contribution in [3.63, 3.8) is 0 Å². The number of aryl methyl sites for hydroxylation is 1. The van der Waals surface area contributed by atoms with Crippen molar-refractivity contribution in [2.45, 2.75) is 0 Å². The molecule has 0 unspecified atom stereocenters. The molecule has 5 nitrogen and oxygen atoms in total. The minimum absolute atomic E-state index is 0.0613. The number of hydrogen-bond acceptors (Lipinski definition) is 3. The van der Waals surface area contributed by atoms with E-state index < -0.39 is 11.7 Å². The lowest BCUT2D eigenvalue weighted by atomic mass is 10.2. The number of nitrogens with zero attached hydrogens (tertiary/aromatic N) is 2. The van der Waals surface area contributed by atoms with E-state index in [0.717, 1.165) is 0 Å². The van der Waals surface area contributed by atoms with Crippen molar-refractivity contribution in [3.05, 3.63) is 47.8 Å². The van der Waals surface area contributed by atoms with Crippen LogP contribution in [0.5, 0.6) is 0 Å². The maximum Gasteiger partial charge on any atom is 0.274 e. The van der Waals surface area contributed by atoms with Crippen molar-refractivity contribution in [2.24, 2.45) is 12.8 Å². The first-order valence-electron chi connectivity index (χ1n) is 5.36. The molecule has 98 valence electrons. The van der Waals surface area contributed by atoms with Crippen molar-refractivity contribution < 1.29 is 9.18 Å². The zero-order chi connectivity index (χ0) is 14.0. The van der Waals surface area contributed by atoms with Crippen LogP contribution in [0.15, 0.2) is 30.7 Å². The molecule has 1 heterocycles. The molecule has 1 amide bonds. The molecule has 19 heavy (non-hydrogen) atoms. The standard InChI is InChI=1S/C12H11FN4OS/c1-17-6-15-5-10(17)12(18)16-9-3-2-7(11(14)19)4-8(9)13/h2-6H,1H3,(H2,14,19)(H,16,18). The number of carbonyl (C=O) groups is 1. The highest BCUT2D eigenvalue weighted by atomic mass is 32.1. The second-order valence-electron chi connectivity index (χ2n) is 3.90. The Morgan fingerprint density at radius 2 is 2.26 bits per heavy atom. The lowest BCUT2D eigenvalue weighted by Crippen LogP contribution is -2.17. The number of nitrogens with two attached hydrogens (primary N) is 1. The SMILES string of the molecule is Cn1cncc1C(=O)Nc1ccc(C(N)=S)cc1F. The molecule has 1 aromatic carbocycles. The van der Waals surface area contributed by atoms with E-state index in [1.807, 2.05) is 0 Å². The zero-order valence-corrected chi connectivity index (χ0v) is 10.9. The van der Waals surface area contributed by atoms with Crippen LogP contribution in [-0.4, -0.2) is 20.4 Å². The summed E-state index contributed by atoms with van der Waals surface area (Å²) in [6.07, 6.45) is 2.89. The molecule has 2 aromatic rings. The van der Waals surface area contributed by atoms with Gasteiger partial charge in [-0.3, -0.25) is 4.79 Å². The Kier molecular flexibility index (Phi) is 3.57. The number of benzene rings is 1. The average Bonchev–Trinajstić information content (AvgIpc) is 2.77. The van der Waals surface area contributed by atoms with Crippen LogP contribution in [0, 0.1) is 5.82 Å². The lowest BCUT2D eigenvalue weighted by Gasteiger charge is -2.08. The number of carbonyl (C=O) groups excluding carboxylic acids is 1. The highest BCUT2D eigenvalue weighted by Gasteiger charge is 2.13. The second-order valence-corrected chi connectivity index (χ2v) is 4.34. The van der Waals surface area contributed by atoms with Gasteiger partial charge in [-0.15, -0.1) is 0 Å². The maximum absolute atomic E-state index is 13.8. The van der Waals surface area contributed by atoms with Crippen LogP contribution in [0.3, 0.4) is 0 Å². The Bertz CT molecular complexity index is 653. The molecule has 7 heteroatoms. The number of anilines is 1. The number of nitrogens with one attached hydrogen (secondary N) is 1. The topological polar surface area (TPSA) is 72.9 Å². The average molecular weight is 278 g/mol. The van der Waals surface area contributed by atoms with Crippen molar-refractivity contribution in [1.29, 1.82) is 0 Å². The third kappa shape index (κ3) is 2.76. The van der Waals surface area contributed by atoms with Crippen molar-refractivity contribution in [1.82, 2.24) is 9.55 Å². The summed E-state index contributed by atoms with van der Waals surface area (Å²) >= 11 is 4.75. The molecule has 0 bridgehead atoms. The highest BCUT2D eigenvalue weighted by Crippen LogP contribution is 2.16. The summed E-state index contributed by atoms with van der Waals surface area (Å²) in [5.74, 6) is -1.04. The van der Waals surface area contributed by atoms with Gasteiger partial charge in [0.1, 0.15) is 16.5 Å². The Morgan fingerprint density at radius 3 is 2.79 bits per heavy atom. The van der Waals surface area contributed by atoms with E-state index in [0.29, 0.717) is 11.3 Å². The summed E-state index contributed by atoms with van der Waals surface area (Å²) in [5, 5.41) is 2.46. The van der Waals surface area contributed by atoms with E-state index in [1.54, 1.807) is 13.1 Å². The molecule has 0 radical (unpaired) electrons. The monoisotopic (exact) mass is 278 g/mol. The second kappa shape index (κ2) is 5.15. The zero-order valence-electron chi connectivity index (χ0n) is 10.1. The summed E-state index contributed by atoms with van der Waals surface area (Å²) < 4.78 is 15.3. The number of hydrogen-bond donors (Lipinski definition) is 2. The van der Waals surface area contributed by atoms with Crippen LogP contribution in [0.25, 0.3) is 0 Å². The molecule has 3 N–H and O–H groups in total. The van der Waals surface area contributed by atoms with Gasteiger partial charge in [-0.05, 0) is 18.2 Å². The quantitative estimate of drug-likeness (QED) is 0.833. The summed E-state index contributed by atoms with van der Waals surface area (Å²) in [4.78, 5) is 15.8. The number of thiocarbonyl (C=S) groups is 1. The normalized spacial score (nSPS) is 10.2. The Labute approximate surface area is 114 Å². The molecule has 0 spiro atoms. The van der Waals surface area contributed by atoms with Gasteiger partial charge in [0.15, 0.2) is 0 Å². The van der Waals surface area contributed by atoms with Gasteiger partial charge in [-0.1, -0.05) is 12.2 Å².